The number of hydrogen-bond donors (Lipinski definition) is 1. The van der Waals surface area contributed by atoms with Gasteiger partial charge in [0.1, 0.15) is 0 Å². The Labute approximate surface area is 115 Å². The van der Waals surface area contributed by atoms with Gasteiger partial charge in [-0.3, -0.25) is 4.79 Å². The molecule has 0 bridgehead atoms. The molecule has 0 spiro atoms. The van der Waals surface area contributed by atoms with Crippen LogP contribution in [0, 0.1) is 0 Å². The van der Waals surface area contributed by atoms with Crippen molar-refractivity contribution >= 4 is 11.6 Å². The molecule has 0 heterocycles. The van der Waals surface area contributed by atoms with Crippen molar-refractivity contribution in [2.45, 2.75) is 51.5 Å². The number of anilines is 1. The summed E-state index contributed by atoms with van der Waals surface area (Å²) in [5.74, 6) is 0.215. The van der Waals surface area contributed by atoms with Crippen molar-refractivity contribution < 1.29 is 4.79 Å². The molecular weight excluding hydrogens is 236 g/mol. The van der Waals surface area contributed by atoms with Crippen molar-refractivity contribution in [3.8, 4) is 0 Å². The molecule has 3 nitrogen and oxygen atoms in total. The van der Waals surface area contributed by atoms with Crippen LogP contribution in [0.3, 0.4) is 0 Å². The second-order valence-corrected chi connectivity index (χ2v) is 5.35. The van der Waals surface area contributed by atoms with Crippen LogP contribution < -0.4 is 5.73 Å². The summed E-state index contributed by atoms with van der Waals surface area (Å²) in [5, 5.41) is 0. The Morgan fingerprint density at radius 1 is 1.26 bits per heavy atom. The first kappa shape index (κ1) is 13.9. The van der Waals surface area contributed by atoms with Crippen LogP contribution in [0.4, 0.5) is 5.69 Å². The number of hydrogen-bond acceptors (Lipinski definition) is 2. The van der Waals surface area contributed by atoms with Crippen LogP contribution in [0.1, 0.15) is 44.6 Å². The molecule has 1 aliphatic rings. The van der Waals surface area contributed by atoms with Gasteiger partial charge in [0.25, 0.3) is 0 Å². The third-order valence-electron chi connectivity index (χ3n) is 4.07. The molecule has 0 radical (unpaired) electrons. The summed E-state index contributed by atoms with van der Waals surface area (Å²) in [6, 6.07) is 8.09. The van der Waals surface area contributed by atoms with Crippen molar-refractivity contribution in [3.05, 3.63) is 29.8 Å². The second-order valence-electron chi connectivity index (χ2n) is 5.35. The summed E-state index contributed by atoms with van der Waals surface area (Å²) in [6.45, 7) is 2.87. The molecule has 1 amide bonds. The fraction of sp³-hybridized carbons (Fsp3) is 0.562. The van der Waals surface area contributed by atoms with Crippen LogP contribution in [0.2, 0.25) is 0 Å². The normalized spacial score (nSPS) is 16.3. The van der Waals surface area contributed by atoms with E-state index in [1.165, 1.54) is 19.3 Å². The summed E-state index contributed by atoms with van der Waals surface area (Å²) in [5.41, 5.74) is 7.58. The number of nitrogen functional groups attached to an aromatic ring is 1. The average molecular weight is 260 g/mol. The topological polar surface area (TPSA) is 46.3 Å². The highest BCUT2D eigenvalue weighted by atomic mass is 16.2. The number of benzene rings is 1. The standard InChI is InChI=1S/C16H24N2O/c1-2-18(14-9-4-3-5-10-14)16(19)12-13-8-6-7-11-15(13)17/h6-8,11,14H,2-5,9-10,12,17H2,1H3. The van der Waals surface area contributed by atoms with E-state index in [2.05, 4.69) is 6.92 Å². The Bertz CT molecular complexity index is 425. The number of likely N-dealkylation sites (N-methyl/N-ethyl adjacent to an activating group) is 1. The zero-order valence-electron chi connectivity index (χ0n) is 11.8. The highest BCUT2D eigenvalue weighted by Gasteiger charge is 2.24. The van der Waals surface area contributed by atoms with Gasteiger partial charge < -0.3 is 10.6 Å². The fourth-order valence-corrected chi connectivity index (χ4v) is 2.99. The first-order valence-electron chi connectivity index (χ1n) is 7.35. The van der Waals surface area contributed by atoms with E-state index in [-0.39, 0.29) is 5.91 Å². The van der Waals surface area contributed by atoms with E-state index in [9.17, 15) is 4.79 Å². The smallest absolute Gasteiger partial charge is 0.227 e. The molecule has 2 rings (SSSR count). The number of carbonyl (C=O) groups is 1. The molecular formula is C16H24N2O. The number of para-hydroxylation sites is 1. The van der Waals surface area contributed by atoms with Crippen molar-refractivity contribution in [2.75, 3.05) is 12.3 Å². The predicted octanol–water partition coefficient (Wildman–Crippen LogP) is 2.99. The molecule has 1 aromatic carbocycles. The number of amides is 1. The van der Waals surface area contributed by atoms with Crippen molar-refractivity contribution in [3.63, 3.8) is 0 Å². The van der Waals surface area contributed by atoms with Gasteiger partial charge in [-0.05, 0) is 31.4 Å². The fourth-order valence-electron chi connectivity index (χ4n) is 2.99. The highest BCUT2D eigenvalue weighted by molar-refractivity contribution is 5.80. The van der Waals surface area contributed by atoms with Crippen LogP contribution in [0.5, 0.6) is 0 Å². The van der Waals surface area contributed by atoms with Gasteiger partial charge in [-0.1, -0.05) is 37.5 Å². The molecule has 0 aromatic heterocycles. The Kier molecular flexibility index (Phi) is 4.83. The Morgan fingerprint density at radius 2 is 1.95 bits per heavy atom. The van der Waals surface area contributed by atoms with Crippen LogP contribution >= 0.6 is 0 Å². The minimum atomic E-state index is 0.215. The van der Waals surface area contributed by atoms with Gasteiger partial charge in [-0.2, -0.15) is 0 Å². The highest BCUT2D eigenvalue weighted by Crippen LogP contribution is 2.23. The van der Waals surface area contributed by atoms with E-state index in [1.54, 1.807) is 0 Å². The van der Waals surface area contributed by atoms with Crippen LogP contribution in [0.15, 0.2) is 24.3 Å². The first-order valence-corrected chi connectivity index (χ1v) is 7.35. The average Bonchev–Trinajstić information content (AvgIpc) is 2.43. The molecule has 19 heavy (non-hydrogen) atoms. The lowest BCUT2D eigenvalue weighted by atomic mass is 9.93. The van der Waals surface area contributed by atoms with E-state index >= 15 is 0 Å². The van der Waals surface area contributed by atoms with E-state index in [0.29, 0.717) is 12.5 Å². The second kappa shape index (κ2) is 6.60. The van der Waals surface area contributed by atoms with Crippen molar-refractivity contribution in [1.29, 1.82) is 0 Å². The molecule has 0 unspecified atom stereocenters. The zero-order valence-corrected chi connectivity index (χ0v) is 11.8. The molecule has 0 atom stereocenters. The minimum Gasteiger partial charge on any atom is -0.398 e. The summed E-state index contributed by atoms with van der Waals surface area (Å²) < 4.78 is 0. The Balaban J connectivity index is 2.02. The summed E-state index contributed by atoms with van der Waals surface area (Å²) >= 11 is 0. The van der Waals surface area contributed by atoms with Crippen molar-refractivity contribution in [2.24, 2.45) is 0 Å². The van der Waals surface area contributed by atoms with E-state index < -0.39 is 0 Å². The third kappa shape index (κ3) is 3.49. The number of rotatable bonds is 4. The Hall–Kier alpha value is -1.51. The van der Waals surface area contributed by atoms with Gasteiger partial charge in [0.15, 0.2) is 0 Å². The van der Waals surface area contributed by atoms with Crippen LogP contribution in [0.25, 0.3) is 0 Å². The lowest BCUT2D eigenvalue weighted by molar-refractivity contribution is -0.133. The van der Waals surface area contributed by atoms with Crippen LogP contribution in [-0.4, -0.2) is 23.4 Å². The summed E-state index contributed by atoms with van der Waals surface area (Å²) in [7, 11) is 0. The minimum absolute atomic E-state index is 0.215. The van der Waals surface area contributed by atoms with E-state index in [1.807, 2.05) is 29.2 Å². The maximum atomic E-state index is 12.5. The molecule has 0 aliphatic heterocycles. The molecule has 1 aromatic rings. The quantitative estimate of drug-likeness (QED) is 0.846. The molecule has 1 aliphatic carbocycles. The van der Waals surface area contributed by atoms with Gasteiger partial charge in [-0.15, -0.1) is 0 Å². The number of nitrogens with zero attached hydrogens (tertiary/aromatic N) is 1. The molecule has 2 N–H and O–H groups in total. The number of carbonyl (C=O) groups excluding carboxylic acids is 1. The molecule has 1 fully saturated rings. The summed E-state index contributed by atoms with van der Waals surface area (Å²) in [6.07, 6.45) is 6.56. The molecule has 3 heteroatoms. The monoisotopic (exact) mass is 260 g/mol. The SMILES string of the molecule is CCN(C(=O)Cc1ccccc1N)C1CCCCC1. The van der Waals surface area contributed by atoms with E-state index in [4.69, 9.17) is 5.73 Å². The molecule has 0 saturated heterocycles. The van der Waals surface area contributed by atoms with Gasteiger partial charge >= 0.3 is 0 Å². The Morgan fingerprint density at radius 3 is 2.58 bits per heavy atom. The maximum Gasteiger partial charge on any atom is 0.227 e. The lowest BCUT2D eigenvalue weighted by Gasteiger charge is -2.33. The zero-order chi connectivity index (χ0) is 13.7. The maximum absolute atomic E-state index is 12.5. The summed E-state index contributed by atoms with van der Waals surface area (Å²) in [4.78, 5) is 14.5. The number of nitrogens with two attached hydrogens (primary N) is 1. The van der Waals surface area contributed by atoms with Gasteiger partial charge in [0.2, 0.25) is 5.91 Å². The van der Waals surface area contributed by atoms with Gasteiger partial charge in [0, 0.05) is 18.3 Å². The third-order valence-corrected chi connectivity index (χ3v) is 4.07. The molecule has 104 valence electrons. The van der Waals surface area contributed by atoms with Crippen molar-refractivity contribution in [1.82, 2.24) is 4.90 Å². The lowest BCUT2D eigenvalue weighted by Crippen LogP contribution is -2.42. The van der Waals surface area contributed by atoms with E-state index in [0.717, 1.165) is 30.6 Å². The van der Waals surface area contributed by atoms with Crippen LogP contribution in [-0.2, 0) is 11.2 Å². The largest absolute Gasteiger partial charge is 0.398 e. The van der Waals surface area contributed by atoms with Gasteiger partial charge in [-0.25, -0.2) is 0 Å². The first-order chi connectivity index (χ1) is 9.22. The molecule has 1 saturated carbocycles. The van der Waals surface area contributed by atoms with Gasteiger partial charge in [0.05, 0.1) is 6.42 Å². The predicted molar refractivity (Wildman–Crippen MR) is 78.8 cm³/mol.